The van der Waals surface area contributed by atoms with E-state index in [-0.39, 0.29) is 5.91 Å². The first-order chi connectivity index (χ1) is 10.3. The molecule has 5 heteroatoms. The summed E-state index contributed by atoms with van der Waals surface area (Å²) in [6, 6.07) is 1.93. The number of aryl methyl sites for hydroxylation is 1. The highest BCUT2D eigenvalue weighted by Gasteiger charge is 2.15. The molecule has 118 valence electrons. The Balaban J connectivity index is 1.66. The van der Waals surface area contributed by atoms with Gasteiger partial charge in [0, 0.05) is 32.5 Å². The summed E-state index contributed by atoms with van der Waals surface area (Å²) in [5, 5.41) is 4.18. The summed E-state index contributed by atoms with van der Waals surface area (Å²) in [6.07, 6.45) is 11.1. The third-order valence-electron chi connectivity index (χ3n) is 4.17. The Morgan fingerprint density at radius 2 is 1.90 bits per heavy atom. The van der Waals surface area contributed by atoms with Crippen LogP contribution in [0.15, 0.2) is 18.5 Å². The molecule has 0 bridgehead atoms. The molecule has 21 heavy (non-hydrogen) atoms. The largest absolute Gasteiger partial charge is 0.345 e. The first kappa shape index (κ1) is 16.0. The molecule has 1 aliphatic heterocycles. The summed E-state index contributed by atoms with van der Waals surface area (Å²) in [5.41, 5.74) is 0. The van der Waals surface area contributed by atoms with Crippen molar-refractivity contribution in [1.29, 1.82) is 0 Å². The highest BCUT2D eigenvalue weighted by Crippen LogP contribution is 2.10. The lowest BCUT2D eigenvalue weighted by Gasteiger charge is -2.26. The second kappa shape index (κ2) is 8.82. The molecule has 1 aromatic heterocycles. The maximum Gasteiger partial charge on any atom is 0.236 e. The van der Waals surface area contributed by atoms with Crippen LogP contribution in [0.3, 0.4) is 0 Å². The lowest BCUT2D eigenvalue weighted by Crippen LogP contribution is -2.40. The highest BCUT2D eigenvalue weighted by molar-refractivity contribution is 5.77. The Kier molecular flexibility index (Phi) is 6.73. The van der Waals surface area contributed by atoms with Gasteiger partial charge in [0.15, 0.2) is 0 Å². The lowest BCUT2D eigenvalue weighted by atomic mass is 10.1. The molecule has 0 radical (unpaired) electrons. The van der Waals surface area contributed by atoms with Gasteiger partial charge >= 0.3 is 0 Å². The predicted molar refractivity (Wildman–Crippen MR) is 84.0 cm³/mol. The van der Waals surface area contributed by atoms with E-state index in [0.717, 1.165) is 32.6 Å². The van der Waals surface area contributed by atoms with Gasteiger partial charge < -0.3 is 4.90 Å². The molecule has 1 aliphatic rings. The van der Waals surface area contributed by atoms with Gasteiger partial charge in [0.05, 0.1) is 6.54 Å². The molecule has 0 saturated carbocycles. The smallest absolute Gasteiger partial charge is 0.236 e. The molecule has 2 rings (SSSR count). The SMILES string of the molecule is CN(CCCn1cccn1)C(=O)CN1CCCCCCC1. The summed E-state index contributed by atoms with van der Waals surface area (Å²) < 4.78 is 1.91. The maximum atomic E-state index is 12.3. The number of rotatable bonds is 6. The van der Waals surface area contributed by atoms with Crippen molar-refractivity contribution in [2.24, 2.45) is 0 Å². The van der Waals surface area contributed by atoms with Crippen molar-refractivity contribution in [1.82, 2.24) is 19.6 Å². The molecular formula is C16H28N4O. The minimum atomic E-state index is 0.246. The van der Waals surface area contributed by atoms with Gasteiger partial charge in [-0.2, -0.15) is 5.10 Å². The van der Waals surface area contributed by atoms with E-state index in [9.17, 15) is 4.79 Å². The normalized spacial score (nSPS) is 17.2. The summed E-state index contributed by atoms with van der Waals surface area (Å²) in [6.45, 7) is 4.40. The fourth-order valence-electron chi connectivity index (χ4n) is 2.81. The number of amides is 1. The third-order valence-corrected chi connectivity index (χ3v) is 4.17. The Morgan fingerprint density at radius 1 is 1.19 bits per heavy atom. The van der Waals surface area contributed by atoms with Gasteiger partial charge in [-0.15, -0.1) is 0 Å². The van der Waals surface area contributed by atoms with Crippen LogP contribution in [0.25, 0.3) is 0 Å². The van der Waals surface area contributed by atoms with Gasteiger partial charge in [0.2, 0.25) is 5.91 Å². The zero-order chi connectivity index (χ0) is 14.9. The minimum Gasteiger partial charge on any atom is -0.345 e. The Labute approximate surface area is 127 Å². The highest BCUT2D eigenvalue weighted by atomic mass is 16.2. The van der Waals surface area contributed by atoms with E-state index < -0.39 is 0 Å². The van der Waals surface area contributed by atoms with Crippen LogP contribution >= 0.6 is 0 Å². The van der Waals surface area contributed by atoms with Crippen LogP contribution in [0.1, 0.15) is 38.5 Å². The van der Waals surface area contributed by atoms with E-state index >= 15 is 0 Å². The Bertz CT molecular complexity index is 396. The topological polar surface area (TPSA) is 41.4 Å². The molecule has 5 nitrogen and oxygen atoms in total. The molecule has 1 amide bonds. The molecule has 1 fully saturated rings. The number of hydrogen-bond acceptors (Lipinski definition) is 3. The predicted octanol–water partition coefficient (Wildman–Crippen LogP) is 2.00. The second-order valence-corrected chi connectivity index (χ2v) is 5.98. The number of carbonyl (C=O) groups is 1. The minimum absolute atomic E-state index is 0.246. The molecule has 0 aliphatic carbocycles. The summed E-state index contributed by atoms with van der Waals surface area (Å²) >= 11 is 0. The van der Waals surface area contributed by atoms with Crippen molar-refractivity contribution in [3.63, 3.8) is 0 Å². The number of likely N-dealkylation sites (N-methyl/N-ethyl adjacent to an activating group) is 1. The van der Waals surface area contributed by atoms with Gasteiger partial charge in [0.1, 0.15) is 0 Å². The van der Waals surface area contributed by atoms with E-state index in [1.165, 1.54) is 32.1 Å². The molecule has 0 N–H and O–H groups in total. The zero-order valence-electron chi connectivity index (χ0n) is 13.2. The number of nitrogens with zero attached hydrogens (tertiary/aromatic N) is 4. The summed E-state index contributed by atoms with van der Waals surface area (Å²) in [7, 11) is 1.91. The number of likely N-dealkylation sites (tertiary alicyclic amines) is 1. The van der Waals surface area contributed by atoms with Crippen molar-refractivity contribution >= 4 is 5.91 Å². The van der Waals surface area contributed by atoms with E-state index in [2.05, 4.69) is 10.00 Å². The molecule has 0 aromatic carbocycles. The van der Waals surface area contributed by atoms with Crippen molar-refractivity contribution in [2.75, 3.05) is 33.2 Å². The monoisotopic (exact) mass is 292 g/mol. The summed E-state index contributed by atoms with van der Waals surface area (Å²) in [5.74, 6) is 0.246. The van der Waals surface area contributed by atoms with Crippen molar-refractivity contribution in [2.45, 2.75) is 45.1 Å². The second-order valence-electron chi connectivity index (χ2n) is 5.98. The molecule has 1 saturated heterocycles. The van der Waals surface area contributed by atoms with Crippen LogP contribution in [-0.4, -0.2) is 58.7 Å². The van der Waals surface area contributed by atoms with Crippen LogP contribution in [0.5, 0.6) is 0 Å². The number of aromatic nitrogens is 2. The van der Waals surface area contributed by atoms with E-state index in [1.54, 1.807) is 6.20 Å². The average Bonchev–Trinajstić information content (AvgIpc) is 2.94. The van der Waals surface area contributed by atoms with Crippen molar-refractivity contribution in [3.8, 4) is 0 Å². The van der Waals surface area contributed by atoms with Crippen molar-refractivity contribution < 1.29 is 4.79 Å². The van der Waals surface area contributed by atoms with Crippen LogP contribution in [-0.2, 0) is 11.3 Å². The third kappa shape index (κ3) is 5.87. The van der Waals surface area contributed by atoms with Crippen LogP contribution < -0.4 is 0 Å². The van der Waals surface area contributed by atoms with E-state index in [0.29, 0.717) is 6.54 Å². The fraction of sp³-hybridized carbons (Fsp3) is 0.750. The standard InChI is InChI=1S/C16H28N4O/c1-18(10-8-14-20-13-7-9-17-20)16(21)15-19-11-5-3-2-4-6-12-19/h7,9,13H,2-6,8,10-12,14-15H2,1H3. The Morgan fingerprint density at radius 3 is 2.57 bits per heavy atom. The van der Waals surface area contributed by atoms with Gasteiger partial charge in [-0.25, -0.2) is 0 Å². The lowest BCUT2D eigenvalue weighted by molar-refractivity contribution is -0.131. The molecule has 2 heterocycles. The van der Waals surface area contributed by atoms with Gasteiger partial charge in [-0.05, 0) is 38.4 Å². The Hall–Kier alpha value is -1.36. The van der Waals surface area contributed by atoms with E-state index in [1.807, 2.05) is 28.9 Å². The molecular weight excluding hydrogens is 264 g/mol. The average molecular weight is 292 g/mol. The summed E-state index contributed by atoms with van der Waals surface area (Å²) in [4.78, 5) is 16.5. The first-order valence-corrected chi connectivity index (χ1v) is 8.19. The molecule has 0 unspecified atom stereocenters. The zero-order valence-corrected chi connectivity index (χ0v) is 13.2. The quantitative estimate of drug-likeness (QED) is 0.805. The van der Waals surface area contributed by atoms with Gasteiger partial charge in [-0.1, -0.05) is 19.3 Å². The van der Waals surface area contributed by atoms with Crippen molar-refractivity contribution in [3.05, 3.63) is 18.5 Å². The van der Waals surface area contributed by atoms with Crippen LogP contribution in [0.4, 0.5) is 0 Å². The van der Waals surface area contributed by atoms with Crippen LogP contribution in [0, 0.1) is 0 Å². The van der Waals surface area contributed by atoms with Gasteiger partial charge in [-0.3, -0.25) is 14.4 Å². The van der Waals surface area contributed by atoms with Gasteiger partial charge in [0.25, 0.3) is 0 Å². The molecule has 1 aromatic rings. The first-order valence-electron chi connectivity index (χ1n) is 8.19. The number of hydrogen-bond donors (Lipinski definition) is 0. The fourth-order valence-corrected chi connectivity index (χ4v) is 2.81. The van der Waals surface area contributed by atoms with E-state index in [4.69, 9.17) is 0 Å². The number of carbonyl (C=O) groups excluding carboxylic acids is 1. The maximum absolute atomic E-state index is 12.3. The van der Waals surface area contributed by atoms with Crippen LogP contribution in [0.2, 0.25) is 0 Å². The molecule has 0 spiro atoms. The molecule has 0 atom stereocenters.